The summed E-state index contributed by atoms with van der Waals surface area (Å²) in [5, 5.41) is 23.0. The van der Waals surface area contributed by atoms with Crippen LogP contribution in [0.1, 0.15) is 53.4 Å². The van der Waals surface area contributed by atoms with Gasteiger partial charge in [0, 0.05) is 40.7 Å². The highest BCUT2D eigenvalue weighted by molar-refractivity contribution is 5.98. The number of fused-ring (bicyclic) bond motifs is 9. The summed E-state index contributed by atoms with van der Waals surface area (Å²) in [5.74, 6) is -1.83. The number of aliphatic hydroxyl groups excluding tert-OH is 1. The number of carbonyl (C=O) groups is 2. The van der Waals surface area contributed by atoms with Crippen molar-refractivity contribution < 1.29 is 39.1 Å². The molecule has 9 aliphatic rings. The summed E-state index contributed by atoms with van der Waals surface area (Å²) in [6, 6.07) is 0. The smallest absolute Gasteiger partial charge is 0.337 e. The van der Waals surface area contributed by atoms with Crippen LogP contribution in [0.2, 0.25) is 0 Å². The molecule has 0 aromatic carbocycles. The minimum Gasteiger partial charge on any atom is -0.446 e. The maximum atomic E-state index is 13.6. The normalized spacial score (nSPS) is 56.9. The summed E-state index contributed by atoms with van der Waals surface area (Å²) >= 11 is 0. The third kappa shape index (κ3) is 1.94. The Balaban J connectivity index is 1.45. The van der Waals surface area contributed by atoms with Gasteiger partial charge in [0.05, 0.1) is 0 Å². The Bertz CT molecular complexity index is 1480. The number of aliphatic hydroxyl groups is 1. The summed E-state index contributed by atoms with van der Waals surface area (Å²) in [6.07, 6.45) is 1.75. The highest BCUT2D eigenvalue weighted by Gasteiger charge is 2.87. The number of esters is 2. The average Bonchev–Trinajstić information content (AvgIpc) is 3.81. The molecule has 2 aliphatic heterocycles. The Hall–Kier alpha value is -2.26. The number of methoxy groups -OCH3 is 1. The maximum absolute atomic E-state index is 13.6. The number of allylic oxidation sites excluding steroid dienone is 1. The van der Waals surface area contributed by atoms with E-state index in [1.165, 1.54) is 12.7 Å². The first-order valence-corrected chi connectivity index (χ1v) is 14.3. The molecule has 0 aromatic heterocycles. The minimum atomic E-state index is -1.74. The van der Waals surface area contributed by atoms with Crippen LogP contribution < -0.4 is 0 Å². The van der Waals surface area contributed by atoms with Crippen molar-refractivity contribution in [2.24, 2.45) is 46.3 Å². The van der Waals surface area contributed by atoms with Crippen molar-refractivity contribution in [3.63, 3.8) is 0 Å². The molecule has 0 aromatic rings. The molecule has 8 nitrogen and oxygen atoms in total. The van der Waals surface area contributed by atoms with E-state index in [0.29, 0.717) is 47.0 Å². The van der Waals surface area contributed by atoms with E-state index in [1.807, 2.05) is 13.8 Å². The first-order chi connectivity index (χ1) is 18.4. The lowest BCUT2D eigenvalue weighted by atomic mass is 9.43. The quantitative estimate of drug-likeness (QED) is 0.239. The fourth-order valence-corrected chi connectivity index (χ4v) is 11.8. The van der Waals surface area contributed by atoms with Crippen molar-refractivity contribution in [3.05, 3.63) is 45.6 Å². The topological polar surface area (TPSA) is 112 Å². The SMILES string of the molecule is C=C1[C@H]2C[C@H]2[C@]2(C)[C@@H]3C[C@@]4(OO)C5=C(C6=C(C)C(=O)O[C@]6(OC)[C@H](O)[C@@]5(C)[C@@H]5C[C@@H]54)C34OC(=O)C(C)=C4C[C@@H]12. The van der Waals surface area contributed by atoms with E-state index in [9.17, 15) is 20.0 Å². The van der Waals surface area contributed by atoms with Gasteiger partial charge in [0.1, 0.15) is 11.7 Å². The second kappa shape index (κ2) is 6.15. The molecule has 0 radical (unpaired) electrons. The van der Waals surface area contributed by atoms with Crippen molar-refractivity contribution in [3.8, 4) is 0 Å². The summed E-state index contributed by atoms with van der Waals surface area (Å²) in [7, 11) is 1.45. The number of carbonyl (C=O) groups excluding carboxylic acids is 2. The molecule has 1 spiro atoms. The van der Waals surface area contributed by atoms with Crippen LogP contribution in [0.3, 0.4) is 0 Å². The van der Waals surface area contributed by atoms with Gasteiger partial charge in [-0.2, -0.15) is 0 Å². The van der Waals surface area contributed by atoms with Gasteiger partial charge in [0.15, 0.2) is 5.60 Å². The Kier molecular flexibility index (Phi) is 3.70. The molecular formula is C31H34O8. The molecular weight excluding hydrogens is 500 g/mol. The second-order valence-corrected chi connectivity index (χ2v) is 14.3. The molecule has 206 valence electrons. The summed E-state index contributed by atoms with van der Waals surface area (Å²) < 4.78 is 18.7. The van der Waals surface area contributed by atoms with Gasteiger partial charge < -0.3 is 19.3 Å². The Labute approximate surface area is 226 Å². The van der Waals surface area contributed by atoms with Gasteiger partial charge in [-0.25, -0.2) is 14.5 Å². The van der Waals surface area contributed by atoms with Crippen LogP contribution in [0, 0.1) is 46.3 Å². The molecule has 12 atom stereocenters. The summed E-state index contributed by atoms with van der Waals surface area (Å²) in [4.78, 5) is 32.6. The lowest BCUT2D eigenvalue weighted by Crippen LogP contribution is -2.68. The van der Waals surface area contributed by atoms with Gasteiger partial charge >= 0.3 is 11.9 Å². The molecule has 5 fully saturated rings. The third-order valence-corrected chi connectivity index (χ3v) is 13.5. The Morgan fingerprint density at radius 1 is 1.00 bits per heavy atom. The number of hydrogen-bond acceptors (Lipinski definition) is 8. The third-order valence-electron chi connectivity index (χ3n) is 13.5. The Morgan fingerprint density at radius 2 is 1.72 bits per heavy atom. The Morgan fingerprint density at radius 3 is 2.41 bits per heavy atom. The van der Waals surface area contributed by atoms with E-state index < -0.39 is 34.5 Å². The average molecular weight is 535 g/mol. The molecule has 0 saturated heterocycles. The maximum Gasteiger partial charge on any atom is 0.337 e. The van der Waals surface area contributed by atoms with E-state index in [0.717, 1.165) is 24.0 Å². The predicted molar refractivity (Wildman–Crippen MR) is 134 cm³/mol. The molecule has 0 amide bonds. The van der Waals surface area contributed by atoms with Crippen molar-refractivity contribution in [2.45, 2.75) is 76.5 Å². The van der Waals surface area contributed by atoms with Crippen molar-refractivity contribution in [1.29, 1.82) is 0 Å². The van der Waals surface area contributed by atoms with Crippen LogP contribution in [-0.4, -0.2) is 52.5 Å². The highest BCUT2D eigenvalue weighted by Crippen LogP contribution is 2.84. The zero-order chi connectivity index (χ0) is 27.4. The largest absolute Gasteiger partial charge is 0.446 e. The minimum absolute atomic E-state index is 0.00385. The zero-order valence-corrected chi connectivity index (χ0v) is 22.9. The monoisotopic (exact) mass is 534 g/mol. The van der Waals surface area contributed by atoms with Crippen LogP contribution in [0.4, 0.5) is 0 Å². The molecule has 1 unspecified atom stereocenters. The van der Waals surface area contributed by atoms with Crippen LogP contribution in [0.5, 0.6) is 0 Å². The van der Waals surface area contributed by atoms with Gasteiger partial charge in [-0.15, -0.1) is 0 Å². The molecule has 7 aliphatic carbocycles. The molecule has 5 saturated carbocycles. The van der Waals surface area contributed by atoms with Crippen LogP contribution in [0.25, 0.3) is 0 Å². The van der Waals surface area contributed by atoms with Crippen LogP contribution in [0.15, 0.2) is 45.6 Å². The van der Waals surface area contributed by atoms with E-state index in [4.69, 9.17) is 19.1 Å². The van der Waals surface area contributed by atoms with Crippen molar-refractivity contribution in [1.82, 2.24) is 0 Å². The first kappa shape index (κ1) is 23.4. The fourth-order valence-electron chi connectivity index (χ4n) is 11.8. The van der Waals surface area contributed by atoms with Gasteiger partial charge in [-0.05, 0) is 85.7 Å². The molecule has 39 heavy (non-hydrogen) atoms. The fraction of sp³-hybridized carbons (Fsp3) is 0.677. The number of ether oxygens (including phenoxy) is 3. The lowest BCUT2D eigenvalue weighted by Gasteiger charge is -2.64. The molecule has 0 bridgehead atoms. The van der Waals surface area contributed by atoms with Crippen LogP contribution >= 0.6 is 0 Å². The van der Waals surface area contributed by atoms with Gasteiger partial charge in [0.2, 0.25) is 0 Å². The van der Waals surface area contributed by atoms with Crippen molar-refractivity contribution >= 4 is 11.9 Å². The standard InChI is InChI=1S/C31H34O8/c1-11-14-7-17(14)27(4)15(11)8-16-12(2)24(32)37-30(16)20(27)10-29(39-35)19-9-18(19)28(5)23(29)22(30)21-13(3)25(33)38-31(21,36-6)26(28)34/h14-15,17-20,26,34-35H,1,7-10H2,2-6H3/t14-,15+,17-,18-,19+,20+,26-,27-,28+,29+,30?,31+/m1/s1. The predicted octanol–water partition coefficient (Wildman–Crippen LogP) is 3.62. The van der Waals surface area contributed by atoms with E-state index in [1.54, 1.807) is 6.92 Å². The highest BCUT2D eigenvalue weighted by atomic mass is 17.1. The molecule has 2 N–H and O–H groups in total. The molecule has 2 heterocycles. The first-order valence-electron chi connectivity index (χ1n) is 14.3. The second-order valence-electron chi connectivity index (χ2n) is 14.3. The van der Waals surface area contributed by atoms with Gasteiger partial charge in [-0.1, -0.05) is 26.0 Å². The van der Waals surface area contributed by atoms with Gasteiger partial charge in [-0.3, -0.25) is 5.26 Å². The molecule has 8 heteroatoms. The van der Waals surface area contributed by atoms with E-state index >= 15 is 0 Å². The number of rotatable bonds is 2. The van der Waals surface area contributed by atoms with Gasteiger partial charge in [0.25, 0.3) is 5.79 Å². The van der Waals surface area contributed by atoms with E-state index in [-0.39, 0.29) is 35.1 Å². The number of hydrogen-bond donors (Lipinski definition) is 2. The lowest BCUT2D eigenvalue weighted by molar-refractivity contribution is -0.332. The molecule has 9 rings (SSSR count). The van der Waals surface area contributed by atoms with Crippen molar-refractivity contribution in [2.75, 3.05) is 7.11 Å². The van der Waals surface area contributed by atoms with Crippen LogP contribution in [-0.2, 0) is 28.7 Å². The summed E-state index contributed by atoms with van der Waals surface area (Å²) in [5.41, 5.74) is 1.61. The summed E-state index contributed by atoms with van der Waals surface area (Å²) in [6.45, 7) is 12.4. The van der Waals surface area contributed by atoms with E-state index in [2.05, 4.69) is 13.5 Å². The zero-order valence-electron chi connectivity index (χ0n) is 22.9.